The highest BCUT2D eigenvalue weighted by Crippen LogP contribution is 2.37. The van der Waals surface area contributed by atoms with Crippen LogP contribution in [0, 0.1) is 0 Å². The van der Waals surface area contributed by atoms with E-state index in [2.05, 4.69) is 76.4 Å². The second-order valence-electron chi connectivity index (χ2n) is 7.35. The Labute approximate surface area is 130 Å². The van der Waals surface area contributed by atoms with Crippen LogP contribution in [0.15, 0.2) is 42.5 Å². The van der Waals surface area contributed by atoms with E-state index in [4.69, 9.17) is 4.43 Å². The molecular formula is C19H28OSi. The smallest absolute Gasteiger partial charge is 0.192 e. The molecule has 0 unspecified atom stereocenters. The lowest BCUT2D eigenvalue weighted by Gasteiger charge is -2.36. The second kappa shape index (κ2) is 6.33. The molecule has 0 fully saturated rings. The summed E-state index contributed by atoms with van der Waals surface area (Å²) in [6, 6.07) is 8.65. The van der Waals surface area contributed by atoms with Crippen LogP contribution in [-0.2, 0) is 11.0 Å². The van der Waals surface area contributed by atoms with Crippen LogP contribution in [0.3, 0.4) is 0 Å². The van der Waals surface area contributed by atoms with Gasteiger partial charge in [-0.1, -0.05) is 63.3 Å². The van der Waals surface area contributed by atoms with Crippen molar-refractivity contribution in [2.24, 2.45) is 0 Å². The van der Waals surface area contributed by atoms with Gasteiger partial charge in [0.1, 0.15) is 0 Å². The monoisotopic (exact) mass is 300 g/mol. The van der Waals surface area contributed by atoms with E-state index in [1.807, 2.05) is 0 Å². The van der Waals surface area contributed by atoms with Gasteiger partial charge in [0.25, 0.3) is 0 Å². The zero-order valence-corrected chi connectivity index (χ0v) is 15.1. The van der Waals surface area contributed by atoms with Crippen LogP contribution in [0.5, 0.6) is 0 Å². The molecule has 0 radical (unpaired) electrons. The highest BCUT2D eigenvalue weighted by atomic mass is 28.4. The SMILES string of the molecule is CC(C)(C)[Si](C)(C)OCc1ccccc1C1=CCCC=C1. The normalized spacial score (nSPS) is 16.0. The Kier molecular flexibility index (Phi) is 4.90. The van der Waals surface area contributed by atoms with Gasteiger partial charge < -0.3 is 4.43 Å². The van der Waals surface area contributed by atoms with Crippen molar-refractivity contribution in [1.82, 2.24) is 0 Å². The lowest BCUT2D eigenvalue weighted by molar-refractivity contribution is 0.276. The summed E-state index contributed by atoms with van der Waals surface area (Å²) in [4.78, 5) is 0. The van der Waals surface area contributed by atoms with Crippen LogP contribution < -0.4 is 0 Å². The van der Waals surface area contributed by atoms with E-state index < -0.39 is 8.32 Å². The predicted molar refractivity (Wildman–Crippen MR) is 94.8 cm³/mol. The number of allylic oxidation sites excluding steroid dienone is 4. The van der Waals surface area contributed by atoms with Gasteiger partial charge in [0, 0.05) is 0 Å². The molecule has 1 aromatic carbocycles. The summed E-state index contributed by atoms with van der Waals surface area (Å²) in [5.41, 5.74) is 3.97. The van der Waals surface area contributed by atoms with E-state index in [0.717, 1.165) is 19.4 Å². The van der Waals surface area contributed by atoms with Crippen LogP contribution >= 0.6 is 0 Å². The Morgan fingerprint density at radius 3 is 2.43 bits per heavy atom. The molecule has 1 nitrogen and oxygen atoms in total. The zero-order chi connectivity index (χ0) is 15.5. The lowest BCUT2D eigenvalue weighted by Crippen LogP contribution is -2.40. The largest absolute Gasteiger partial charge is 0.413 e. The molecule has 2 heteroatoms. The summed E-state index contributed by atoms with van der Waals surface area (Å²) < 4.78 is 6.40. The minimum absolute atomic E-state index is 0.256. The van der Waals surface area contributed by atoms with Gasteiger partial charge >= 0.3 is 0 Å². The van der Waals surface area contributed by atoms with Crippen LogP contribution in [0.1, 0.15) is 44.7 Å². The summed E-state index contributed by atoms with van der Waals surface area (Å²) >= 11 is 0. The summed E-state index contributed by atoms with van der Waals surface area (Å²) in [5, 5.41) is 0.256. The number of benzene rings is 1. The van der Waals surface area contributed by atoms with Crippen LogP contribution in [0.4, 0.5) is 0 Å². The van der Waals surface area contributed by atoms with Gasteiger partial charge in [-0.15, -0.1) is 0 Å². The summed E-state index contributed by atoms with van der Waals surface area (Å²) in [5.74, 6) is 0. The first-order valence-corrected chi connectivity index (χ1v) is 10.8. The standard InChI is InChI=1S/C19H28OSi/c1-19(2,3)21(4,5)20-15-17-13-9-10-14-18(17)16-11-7-6-8-12-16/h7,9-14H,6,8,15H2,1-5H3. The van der Waals surface area contributed by atoms with E-state index >= 15 is 0 Å². The molecule has 1 aromatic rings. The third-order valence-corrected chi connectivity index (χ3v) is 9.20. The van der Waals surface area contributed by atoms with Crippen molar-refractivity contribution in [3.63, 3.8) is 0 Å². The predicted octanol–water partition coefficient (Wildman–Crippen LogP) is 5.94. The first-order chi connectivity index (χ1) is 9.81. The topological polar surface area (TPSA) is 9.23 Å². The fourth-order valence-electron chi connectivity index (χ4n) is 2.22. The quantitative estimate of drug-likeness (QED) is 0.625. The molecule has 0 saturated heterocycles. The summed E-state index contributed by atoms with van der Waals surface area (Å²) in [6.07, 6.45) is 9.15. The van der Waals surface area contributed by atoms with Gasteiger partial charge in [-0.2, -0.15) is 0 Å². The molecule has 0 amide bonds. The molecule has 114 valence electrons. The molecule has 1 aliphatic rings. The fraction of sp³-hybridized carbons (Fsp3) is 0.474. The minimum Gasteiger partial charge on any atom is -0.413 e. The van der Waals surface area contributed by atoms with Gasteiger partial charge in [-0.05, 0) is 47.7 Å². The highest BCUT2D eigenvalue weighted by molar-refractivity contribution is 6.74. The number of hydrogen-bond donors (Lipinski definition) is 0. The maximum Gasteiger partial charge on any atom is 0.192 e. The van der Waals surface area contributed by atoms with Gasteiger partial charge in [0.15, 0.2) is 8.32 Å². The molecule has 0 bridgehead atoms. The molecule has 0 N–H and O–H groups in total. The van der Waals surface area contributed by atoms with E-state index in [-0.39, 0.29) is 5.04 Å². The first kappa shape index (κ1) is 16.3. The van der Waals surface area contributed by atoms with Gasteiger partial charge in [-0.25, -0.2) is 0 Å². The van der Waals surface area contributed by atoms with Crippen molar-refractivity contribution in [2.75, 3.05) is 0 Å². The number of rotatable bonds is 4. The van der Waals surface area contributed by atoms with E-state index in [1.54, 1.807) is 0 Å². The Morgan fingerprint density at radius 2 is 1.81 bits per heavy atom. The molecule has 0 spiro atoms. The molecule has 0 heterocycles. The molecule has 0 aliphatic heterocycles. The molecule has 0 atom stereocenters. The van der Waals surface area contributed by atoms with Gasteiger partial charge in [-0.3, -0.25) is 0 Å². The zero-order valence-electron chi connectivity index (χ0n) is 14.1. The Hall–Kier alpha value is -1.12. The Morgan fingerprint density at radius 1 is 1.10 bits per heavy atom. The maximum atomic E-state index is 6.40. The van der Waals surface area contributed by atoms with Crippen molar-refractivity contribution in [3.05, 3.63) is 53.6 Å². The van der Waals surface area contributed by atoms with Crippen molar-refractivity contribution in [3.8, 4) is 0 Å². The van der Waals surface area contributed by atoms with Crippen LogP contribution in [0.25, 0.3) is 5.57 Å². The lowest BCUT2D eigenvalue weighted by atomic mass is 9.96. The molecule has 0 saturated carbocycles. The summed E-state index contributed by atoms with van der Waals surface area (Å²) in [6.45, 7) is 12.2. The molecule has 1 aliphatic carbocycles. The van der Waals surface area contributed by atoms with E-state index in [0.29, 0.717) is 0 Å². The molecule has 0 aromatic heterocycles. The van der Waals surface area contributed by atoms with Crippen molar-refractivity contribution in [2.45, 2.75) is 58.4 Å². The fourth-order valence-corrected chi connectivity index (χ4v) is 3.16. The van der Waals surface area contributed by atoms with Crippen LogP contribution in [-0.4, -0.2) is 8.32 Å². The van der Waals surface area contributed by atoms with Gasteiger partial charge in [0.2, 0.25) is 0 Å². The van der Waals surface area contributed by atoms with Crippen molar-refractivity contribution < 1.29 is 4.43 Å². The molecule has 21 heavy (non-hydrogen) atoms. The Balaban J connectivity index is 2.18. The van der Waals surface area contributed by atoms with E-state index in [9.17, 15) is 0 Å². The van der Waals surface area contributed by atoms with E-state index in [1.165, 1.54) is 16.7 Å². The minimum atomic E-state index is -1.70. The highest BCUT2D eigenvalue weighted by Gasteiger charge is 2.37. The summed E-state index contributed by atoms with van der Waals surface area (Å²) in [7, 11) is -1.70. The maximum absolute atomic E-state index is 6.40. The van der Waals surface area contributed by atoms with Crippen LogP contribution in [0.2, 0.25) is 18.1 Å². The average molecular weight is 301 g/mol. The second-order valence-corrected chi connectivity index (χ2v) is 12.2. The molecular weight excluding hydrogens is 272 g/mol. The number of hydrogen-bond acceptors (Lipinski definition) is 1. The van der Waals surface area contributed by atoms with Gasteiger partial charge in [0.05, 0.1) is 6.61 Å². The molecule has 2 rings (SSSR count). The third kappa shape index (κ3) is 3.95. The third-order valence-electron chi connectivity index (χ3n) is 4.72. The Bertz CT molecular complexity index is 547. The van der Waals surface area contributed by atoms with Crippen molar-refractivity contribution >= 4 is 13.9 Å². The van der Waals surface area contributed by atoms with Crippen molar-refractivity contribution in [1.29, 1.82) is 0 Å². The first-order valence-electron chi connectivity index (χ1n) is 7.90. The average Bonchev–Trinajstić information content (AvgIpc) is 2.45.